The Hall–Kier alpha value is -1.37. The zero-order valence-corrected chi connectivity index (χ0v) is 13.8. The number of ether oxygens (including phenoxy) is 1. The lowest BCUT2D eigenvalue weighted by Gasteiger charge is -2.19. The van der Waals surface area contributed by atoms with Crippen molar-refractivity contribution in [3.8, 4) is 5.75 Å². The van der Waals surface area contributed by atoms with Gasteiger partial charge in [0.05, 0.1) is 4.90 Å². The molecule has 6 heteroatoms. The topological polar surface area (TPSA) is 46.6 Å². The van der Waals surface area contributed by atoms with E-state index in [1.807, 2.05) is 38.1 Å². The van der Waals surface area contributed by atoms with Crippen molar-refractivity contribution in [2.24, 2.45) is 0 Å². The van der Waals surface area contributed by atoms with Crippen LogP contribution >= 0.6 is 11.3 Å². The smallest absolute Gasteiger partial charge is 0.244 e. The van der Waals surface area contributed by atoms with E-state index >= 15 is 0 Å². The number of rotatable bonds is 7. The lowest BCUT2D eigenvalue weighted by atomic mass is 10.2. The number of aryl methyl sites for hydroxylation is 1. The average molecular weight is 325 g/mol. The van der Waals surface area contributed by atoms with E-state index in [2.05, 4.69) is 0 Å². The van der Waals surface area contributed by atoms with Crippen molar-refractivity contribution in [2.45, 2.75) is 18.7 Å². The largest absolute Gasteiger partial charge is 0.492 e. The van der Waals surface area contributed by atoms with Crippen LogP contribution in [0.3, 0.4) is 0 Å². The molecule has 0 saturated heterocycles. The molecule has 1 aromatic heterocycles. The normalized spacial score (nSPS) is 11.8. The van der Waals surface area contributed by atoms with Gasteiger partial charge in [-0.1, -0.05) is 24.6 Å². The van der Waals surface area contributed by atoms with Crippen LogP contribution in [0, 0.1) is 6.92 Å². The Morgan fingerprint density at radius 1 is 1.19 bits per heavy atom. The fourth-order valence-corrected chi connectivity index (χ4v) is 4.34. The molecule has 0 amide bonds. The van der Waals surface area contributed by atoms with Crippen molar-refractivity contribution in [3.05, 3.63) is 46.7 Å². The predicted octanol–water partition coefficient (Wildman–Crippen LogP) is 3.15. The molecule has 0 saturated carbocycles. The van der Waals surface area contributed by atoms with Crippen LogP contribution < -0.4 is 4.74 Å². The zero-order chi connectivity index (χ0) is 15.3. The molecule has 2 aromatic rings. The van der Waals surface area contributed by atoms with Gasteiger partial charge in [-0.2, -0.15) is 15.6 Å². The van der Waals surface area contributed by atoms with Crippen LogP contribution in [0.1, 0.15) is 12.5 Å². The Bertz CT molecular complexity index is 649. The molecule has 2 rings (SSSR count). The molecule has 0 aliphatic rings. The van der Waals surface area contributed by atoms with E-state index in [4.69, 9.17) is 4.74 Å². The zero-order valence-electron chi connectivity index (χ0n) is 12.2. The van der Waals surface area contributed by atoms with Gasteiger partial charge in [-0.25, -0.2) is 8.42 Å². The highest BCUT2D eigenvalue weighted by Gasteiger charge is 2.23. The molecule has 0 atom stereocenters. The molecule has 0 radical (unpaired) electrons. The van der Waals surface area contributed by atoms with E-state index < -0.39 is 10.0 Å². The summed E-state index contributed by atoms with van der Waals surface area (Å²) >= 11 is 1.38. The van der Waals surface area contributed by atoms with Crippen molar-refractivity contribution in [3.63, 3.8) is 0 Å². The summed E-state index contributed by atoms with van der Waals surface area (Å²) in [6.45, 7) is 4.93. The molecular formula is C15H19NO3S2. The van der Waals surface area contributed by atoms with Gasteiger partial charge in [-0.3, -0.25) is 0 Å². The van der Waals surface area contributed by atoms with Crippen LogP contribution in [0.4, 0.5) is 0 Å². The van der Waals surface area contributed by atoms with E-state index in [-0.39, 0.29) is 0 Å². The first kappa shape index (κ1) is 16.0. The summed E-state index contributed by atoms with van der Waals surface area (Å²) in [6, 6.07) is 9.34. The Kier molecular flexibility index (Phi) is 5.39. The van der Waals surface area contributed by atoms with Crippen molar-refractivity contribution < 1.29 is 13.2 Å². The first-order valence-electron chi connectivity index (χ1n) is 6.76. The number of thiophene rings is 1. The summed E-state index contributed by atoms with van der Waals surface area (Å²) in [5, 5.41) is 3.42. The van der Waals surface area contributed by atoms with Gasteiger partial charge in [0.15, 0.2) is 0 Å². The second-order valence-electron chi connectivity index (χ2n) is 4.62. The maximum atomic E-state index is 12.4. The van der Waals surface area contributed by atoms with E-state index in [1.54, 1.807) is 16.8 Å². The average Bonchev–Trinajstić information content (AvgIpc) is 3.00. The predicted molar refractivity (Wildman–Crippen MR) is 85.4 cm³/mol. The van der Waals surface area contributed by atoms with Crippen LogP contribution in [0.5, 0.6) is 5.75 Å². The van der Waals surface area contributed by atoms with Gasteiger partial charge in [0, 0.05) is 18.5 Å². The number of hydrogen-bond donors (Lipinski definition) is 0. The molecule has 0 aliphatic heterocycles. The molecule has 0 aliphatic carbocycles. The van der Waals surface area contributed by atoms with Crippen LogP contribution in [-0.2, 0) is 10.0 Å². The molecule has 0 bridgehead atoms. The molecule has 114 valence electrons. The number of nitrogens with zero attached hydrogens (tertiary/aromatic N) is 1. The van der Waals surface area contributed by atoms with Crippen molar-refractivity contribution in [1.82, 2.24) is 4.31 Å². The third-order valence-electron chi connectivity index (χ3n) is 3.12. The third-order valence-corrected chi connectivity index (χ3v) is 5.92. The quantitative estimate of drug-likeness (QED) is 0.785. The summed E-state index contributed by atoms with van der Waals surface area (Å²) in [4.78, 5) is 0.352. The molecule has 0 fully saturated rings. The molecule has 0 unspecified atom stereocenters. The van der Waals surface area contributed by atoms with Gasteiger partial charge in [0.1, 0.15) is 12.4 Å². The molecular weight excluding hydrogens is 306 g/mol. The first-order valence-corrected chi connectivity index (χ1v) is 9.14. The van der Waals surface area contributed by atoms with Crippen molar-refractivity contribution in [2.75, 3.05) is 19.7 Å². The highest BCUT2D eigenvalue weighted by molar-refractivity contribution is 7.89. The van der Waals surface area contributed by atoms with Gasteiger partial charge in [0.25, 0.3) is 0 Å². The van der Waals surface area contributed by atoms with Crippen LogP contribution in [0.15, 0.2) is 46.0 Å². The number of benzene rings is 1. The highest BCUT2D eigenvalue weighted by Crippen LogP contribution is 2.18. The van der Waals surface area contributed by atoms with Gasteiger partial charge in [-0.15, -0.1) is 0 Å². The molecule has 1 aromatic carbocycles. The third kappa shape index (κ3) is 4.06. The SMILES string of the molecule is CCN(CCOc1ccc(C)cc1)S(=O)(=O)c1ccsc1. The Balaban J connectivity index is 1.95. The fourth-order valence-electron chi connectivity index (χ4n) is 1.90. The molecule has 1 heterocycles. The first-order chi connectivity index (χ1) is 10.0. The summed E-state index contributed by atoms with van der Waals surface area (Å²) in [7, 11) is -3.41. The fraction of sp³-hybridized carbons (Fsp3) is 0.333. The number of sulfonamides is 1. The minimum Gasteiger partial charge on any atom is -0.492 e. The van der Waals surface area contributed by atoms with Crippen molar-refractivity contribution >= 4 is 21.4 Å². The van der Waals surface area contributed by atoms with Gasteiger partial charge < -0.3 is 4.74 Å². The minimum absolute atomic E-state index is 0.334. The van der Waals surface area contributed by atoms with Gasteiger partial charge in [-0.05, 0) is 30.5 Å². The summed E-state index contributed by atoms with van der Waals surface area (Å²) in [5.41, 5.74) is 1.16. The van der Waals surface area contributed by atoms with E-state index in [0.717, 1.165) is 11.3 Å². The number of hydrogen-bond acceptors (Lipinski definition) is 4. The maximum Gasteiger partial charge on any atom is 0.244 e. The van der Waals surface area contributed by atoms with Gasteiger partial charge >= 0.3 is 0 Å². The molecule has 0 spiro atoms. The van der Waals surface area contributed by atoms with E-state index in [1.165, 1.54) is 15.6 Å². The van der Waals surface area contributed by atoms with Crippen molar-refractivity contribution in [1.29, 1.82) is 0 Å². The second-order valence-corrected chi connectivity index (χ2v) is 7.34. The minimum atomic E-state index is -3.41. The molecule has 4 nitrogen and oxygen atoms in total. The maximum absolute atomic E-state index is 12.4. The van der Waals surface area contributed by atoms with E-state index in [0.29, 0.717) is 24.6 Å². The Morgan fingerprint density at radius 3 is 2.48 bits per heavy atom. The van der Waals surface area contributed by atoms with Crippen LogP contribution in [-0.4, -0.2) is 32.4 Å². The van der Waals surface area contributed by atoms with Gasteiger partial charge in [0.2, 0.25) is 10.0 Å². The molecule has 0 N–H and O–H groups in total. The Labute approximate surface area is 130 Å². The second kappa shape index (κ2) is 7.06. The lowest BCUT2D eigenvalue weighted by Crippen LogP contribution is -2.34. The highest BCUT2D eigenvalue weighted by atomic mass is 32.2. The van der Waals surface area contributed by atoms with Crippen LogP contribution in [0.25, 0.3) is 0 Å². The molecule has 21 heavy (non-hydrogen) atoms. The summed E-state index contributed by atoms with van der Waals surface area (Å²) in [5.74, 6) is 0.754. The Morgan fingerprint density at radius 2 is 1.90 bits per heavy atom. The van der Waals surface area contributed by atoms with E-state index in [9.17, 15) is 8.42 Å². The summed E-state index contributed by atoms with van der Waals surface area (Å²) in [6.07, 6.45) is 0. The number of likely N-dealkylation sites (N-methyl/N-ethyl adjacent to an activating group) is 1. The lowest BCUT2D eigenvalue weighted by molar-refractivity contribution is 0.276. The standard InChI is InChI=1S/C15H19NO3S2/c1-3-16(21(17,18)15-8-11-20-12-15)9-10-19-14-6-4-13(2)5-7-14/h4-8,11-12H,3,9-10H2,1-2H3. The monoisotopic (exact) mass is 325 g/mol. The van der Waals surface area contributed by atoms with Crippen LogP contribution in [0.2, 0.25) is 0 Å². The summed E-state index contributed by atoms with van der Waals surface area (Å²) < 4.78 is 31.8.